The van der Waals surface area contributed by atoms with Gasteiger partial charge in [-0.25, -0.2) is 4.57 Å². The Hall–Kier alpha value is -1.70. The maximum absolute atomic E-state index is 8.71. The summed E-state index contributed by atoms with van der Waals surface area (Å²) in [6.45, 7) is -1.57. The third-order valence-corrected chi connectivity index (χ3v) is 3.64. The summed E-state index contributed by atoms with van der Waals surface area (Å²) in [5.74, 6) is -2.72. The molecule has 1 heterocycles. The van der Waals surface area contributed by atoms with Crippen LogP contribution >= 0.6 is 0 Å². The Morgan fingerprint density at radius 3 is 2.55 bits per heavy atom. The van der Waals surface area contributed by atoms with Crippen LogP contribution in [0.5, 0.6) is 0 Å². The van der Waals surface area contributed by atoms with E-state index in [2.05, 4.69) is 4.98 Å². The van der Waals surface area contributed by atoms with Crippen LogP contribution in [0.4, 0.5) is 0 Å². The molecule has 0 aliphatic rings. The third-order valence-electron chi connectivity index (χ3n) is 3.64. The topological polar surface area (TPSA) is 16.8 Å². The Bertz CT molecular complexity index is 997. The molecule has 0 saturated carbocycles. The van der Waals surface area contributed by atoms with Crippen LogP contribution in [0.2, 0.25) is 0 Å². The Kier molecular flexibility index (Phi) is 2.04. The summed E-state index contributed by atoms with van der Waals surface area (Å²) in [4.78, 5) is 4.48. The van der Waals surface area contributed by atoms with Crippen LogP contribution in [0.1, 0.15) is 76.5 Å². The van der Waals surface area contributed by atoms with E-state index in [-0.39, 0.29) is 17.1 Å². The standard InChI is InChI=1S/C20H29N2/c1-13(2)18-17(20(5,6)7)12-22(8)19(21-18)16-10-9-14(3)11-15(16)4/h9-13H,1-8H3/q+1/i1D3,2D3,3D3,13D. The second-order valence-electron chi connectivity index (χ2n) is 6.59. The lowest BCUT2D eigenvalue weighted by Crippen LogP contribution is -2.36. The van der Waals surface area contributed by atoms with Crippen molar-refractivity contribution in [3.05, 3.63) is 46.8 Å². The molecule has 0 bridgehead atoms. The first-order valence-electron chi connectivity index (χ1n) is 12.2. The largest absolute Gasteiger partial charge is 0.330 e. The van der Waals surface area contributed by atoms with E-state index in [0.717, 1.165) is 0 Å². The van der Waals surface area contributed by atoms with Gasteiger partial charge in [0.05, 0.1) is 18.8 Å². The summed E-state index contributed by atoms with van der Waals surface area (Å²) in [6.07, 6.45) is 1.61. The Morgan fingerprint density at radius 2 is 2.00 bits per heavy atom. The minimum atomic E-state index is -3.18. The second kappa shape index (κ2) is 5.83. The maximum Gasteiger partial charge on any atom is 0.330 e. The van der Waals surface area contributed by atoms with E-state index in [1.165, 1.54) is 12.1 Å². The average Bonchev–Trinajstić information content (AvgIpc) is 2.57. The molecule has 0 radical (unpaired) electrons. The van der Waals surface area contributed by atoms with Crippen molar-refractivity contribution in [3.8, 4) is 11.4 Å². The molecule has 0 fully saturated rings. The lowest BCUT2D eigenvalue weighted by Gasteiger charge is -2.21. The molecule has 0 aliphatic carbocycles. The molecule has 0 atom stereocenters. The minimum absolute atomic E-state index is 0.146. The summed E-state index contributed by atoms with van der Waals surface area (Å²) in [7, 11) is 1.69. The SMILES string of the molecule is [2H]C([2H])([2H])c1ccc(-c2nc(C([2H])(C([2H])([2H])[2H])C([2H])([2H])[2H])c(C(C)(C)C)c[n+]2C)c(C)c1. The first kappa shape index (κ1) is 7.72. The summed E-state index contributed by atoms with van der Waals surface area (Å²) in [5.41, 5.74) is 0.546. The molecule has 2 nitrogen and oxygen atoms in total. The molecule has 118 valence electrons. The first-order valence-corrected chi connectivity index (χ1v) is 7.15. The summed E-state index contributed by atoms with van der Waals surface area (Å²) >= 11 is 0. The van der Waals surface area contributed by atoms with Crippen LogP contribution in [-0.2, 0) is 12.5 Å². The minimum Gasteiger partial charge on any atom is -0.233 e. The molecule has 2 aromatic rings. The number of aromatic nitrogens is 2. The van der Waals surface area contributed by atoms with Crippen LogP contribution in [-0.4, -0.2) is 4.98 Å². The van der Waals surface area contributed by atoms with Crippen LogP contribution < -0.4 is 4.57 Å². The number of hydrogen-bond acceptors (Lipinski definition) is 1. The predicted molar refractivity (Wildman–Crippen MR) is 93.1 cm³/mol. The monoisotopic (exact) mass is 307 g/mol. The van der Waals surface area contributed by atoms with Gasteiger partial charge in [-0.05, 0) is 35.8 Å². The van der Waals surface area contributed by atoms with Crippen LogP contribution in [0, 0.1) is 13.8 Å². The summed E-state index contributed by atoms with van der Waals surface area (Å²) in [6, 6.07) is 4.51. The zero-order valence-electron chi connectivity index (χ0n) is 23.7. The van der Waals surface area contributed by atoms with Crippen LogP contribution in [0.3, 0.4) is 0 Å². The van der Waals surface area contributed by atoms with E-state index >= 15 is 0 Å². The molecule has 1 aromatic carbocycles. The fourth-order valence-electron chi connectivity index (χ4n) is 2.47. The number of nitrogens with zero attached hydrogens (tertiary/aromatic N) is 2. The highest BCUT2D eigenvalue weighted by molar-refractivity contribution is 5.58. The molecule has 0 aliphatic heterocycles. The molecule has 2 heteroatoms. The van der Waals surface area contributed by atoms with Gasteiger partial charge in [0.25, 0.3) is 0 Å². The van der Waals surface area contributed by atoms with E-state index in [4.69, 9.17) is 13.7 Å². The molecule has 0 saturated heterocycles. The number of rotatable bonds is 2. The van der Waals surface area contributed by atoms with Gasteiger partial charge in [-0.2, -0.15) is 0 Å². The quantitative estimate of drug-likeness (QED) is 0.740. The normalized spacial score (nSPS) is 21.0. The van der Waals surface area contributed by atoms with Gasteiger partial charge >= 0.3 is 5.82 Å². The van der Waals surface area contributed by atoms with Gasteiger partial charge in [-0.3, -0.25) is 0 Å². The molecule has 22 heavy (non-hydrogen) atoms. The zero-order valence-corrected chi connectivity index (χ0v) is 13.7. The van der Waals surface area contributed by atoms with Crippen molar-refractivity contribution in [2.75, 3.05) is 0 Å². The van der Waals surface area contributed by atoms with Crippen molar-refractivity contribution in [2.45, 2.75) is 59.6 Å². The highest BCUT2D eigenvalue weighted by atomic mass is 15.0. The van der Waals surface area contributed by atoms with Gasteiger partial charge in [0.15, 0.2) is 5.69 Å². The molecule has 0 spiro atoms. The molecular weight excluding hydrogens is 268 g/mol. The fourth-order valence-corrected chi connectivity index (χ4v) is 2.47. The Balaban J connectivity index is 2.95. The lowest BCUT2D eigenvalue weighted by atomic mass is 9.84. The number of aryl methyl sites for hydroxylation is 3. The van der Waals surface area contributed by atoms with E-state index < -0.39 is 31.9 Å². The number of hydrogen-bond donors (Lipinski definition) is 0. The smallest absolute Gasteiger partial charge is 0.233 e. The molecule has 1 aromatic heterocycles. The van der Waals surface area contributed by atoms with Gasteiger partial charge in [-0.15, -0.1) is 0 Å². The van der Waals surface area contributed by atoms with Gasteiger partial charge in [0.2, 0.25) is 0 Å². The van der Waals surface area contributed by atoms with Crippen molar-refractivity contribution in [1.82, 2.24) is 4.98 Å². The van der Waals surface area contributed by atoms with E-state index in [1.807, 2.05) is 0 Å². The van der Waals surface area contributed by atoms with Gasteiger partial charge < -0.3 is 0 Å². The van der Waals surface area contributed by atoms with Crippen molar-refractivity contribution in [1.29, 1.82) is 0 Å². The third kappa shape index (κ3) is 3.21. The van der Waals surface area contributed by atoms with Crippen LogP contribution in [0.15, 0.2) is 24.4 Å². The molecular formula is C20H29N2+. The van der Waals surface area contributed by atoms with Crippen molar-refractivity contribution in [2.24, 2.45) is 7.05 Å². The van der Waals surface area contributed by atoms with Crippen LogP contribution in [0.25, 0.3) is 11.4 Å². The fraction of sp³-hybridized carbons (Fsp3) is 0.500. The Morgan fingerprint density at radius 1 is 1.27 bits per heavy atom. The Labute approximate surface area is 149 Å². The second-order valence-corrected chi connectivity index (χ2v) is 6.59. The highest BCUT2D eigenvalue weighted by Gasteiger charge is 2.29. The summed E-state index contributed by atoms with van der Waals surface area (Å²) in [5, 5.41) is 0. The molecule has 0 amide bonds. The van der Waals surface area contributed by atoms with Crippen molar-refractivity contribution < 1.29 is 18.3 Å². The predicted octanol–water partition coefficient (Wildman–Crippen LogP) is 4.61. The highest BCUT2D eigenvalue weighted by Crippen LogP contribution is 2.30. The van der Waals surface area contributed by atoms with E-state index in [1.54, 1.807) is 51.6 Å². The van der Waals surface area contributed by atoms with Gasteiger partial charge in [0.1, 0.15) is 0 Å². The van der Waals surface area contributed by atoms with E-state index in [0.29, 0.717) is 16.7 Å². The molecule has 2 rings (SSSR count). The summed E-state index contributed by atoms with van der Waals surface area (Å²) < 4.78 is 80.7. The maximum atomic E-state index is 8.71. The van der Waals surface area contributed by atoms with Crippen molar-refractivity contribution >= 4 is 0 Å². The van der Waals surface area contributed by atoms with Gasteiger partial charge in [0, 0.05) is 25.2 Å². The first-order chi connectivity index (χ1) is 14.1. The molecule has 0 N–H and O–H groups in total. The average molecular weight is 308 g/mol. The van der Waals surface area contributed by atoms with E-state index in [9.17, 15) is 0 Å². The van der Waals surface area contributed by atoms with Crippen molar-refractivity contribution in [3.63, 3.8) is 0 Å². The number of benzene rings is 1. The zero-order chi connectivity index (χ0) is 25.1. The van der Waals surface area contributed by atoms with Gasteiger partial charge in [-0.1, -0.05) is 52.2 Å². The lowest BCUT2D eigenvalue weighted by molar-refractivity contribution is -0.663. The molecule has 0 unspecified atom stereocenters.